The Morgan fingerprint density at radius 2 is 1.70 bits per heavy atom. The normalized spacial score (nSPS) is 12.9. The number of para-hydroxylation sites is 1. The van der Waals surface area contributed by atoms with Crippen LogP contribution in [0.3, 0.4) is 0 Å². The number of fused-ring (bicyclic) bond motifs is 2. The minimum absolute atomic E-state index is 0.0752. The smallest absolute Gasteiger partial charge is 0.336 e. The molecule has 4 nitrogen and oxygen atoms in total. The highest BCUT2D eigenvalue weighted by molar-refractivity contribution is 5.82. The summed E-state index contributed by atoms with van der Waals surface area (Å²) in [4.78, 5) is 14.2. The van der Waals surface area contributed by atoms with E-state index < -0.39 is 0 Å². The minimum Gasteiger partial charge on any atom is -0.459 e. The third kappa shape index (κ3) is 3.28. The topological polar surface area (TPSA) is 46.6 Å². The van der Waals surface area contributed by atoms with Gasteiger partial charge in [-0.1, -0.05) is 18.2 Å². The highest BCUT2D eigenvalue weighted by Gasteiger charge is 2.18. The summed E-state index contributed by atoms with van der Waals surface area (Å²) in [5, 5.41) is 2.09. The van der Waals surface area contributed by atoms with Crippen LogP contribution in [-0.4, -0.2) is 11.9 Å². The molecule has 2 aromatic heterocycles. The standard InChI is InChI=1S/C23H23NO3/c1-14-9-19-18(12-23(25)27-22(19)10-15(14)2)13-24(4)16(3)21-11-17-7-5-6-8-20(17)26-21/h5-12,16H,13H2,1-4H3. The minimum atomic E-state index is -0.314. The number of hydrogen-bond acceptors (Lipinski definition) is 4. The maximum Gasteiger partial charge on any atom is 0.336 e. The summed E-state index contributed by atoms with van der Waals surface area (Å²) in [6.07, 6.45) is 0. The molecule has 2 heterocycles. The van der Waals surface area contributed by atoms with Crippen molar-refractivity contribution in [1.29, 1.82) is 0 Å². The lowest BCUT2D eigenvalue weighted by Crippen LogP contribution is -2.22. The van der Waals surface area contributed by atoms with Crippen LogP contribution in [-0.2, 0) is 6.54 Å². The van der Waals surface area contributed by atoms with Gasteiger partial charge in [0, 0.05) is 23.4 Å². The molecule has 0 aliphatic heterocycles. The van der Waals surface area contributed by atoms with Crippen LogP contribution < -0.4 is 5.63 Å². The molecule has 0 amide bonds. The van der Waals surface area contributed by atoms with Gasteiger partial charge in [-0.15, -0.1) is 0 Å². The first kappa shape index (κ1) is 17.6. The zero-order valence-corrected chi connectivity index (χ0v) is 16.1. The molecule has 2 aromatic carbocycles. The SMILES string of the molecule is Cc1cc2oc(=O)cc(CN(C)C(C)c3cc4ccccc4o3)c2cc1C. The molecule has 0 aliphatic rings. The molecule has 138 valence electrons. The summed E-state index contributed by atoms with van der Waals surface area (Å²) in [5.41, 5.74) is 4.49. The van der Waals surface area contributed by atoms with E-state index in [0.29, 0.717) is 12.1 Å². The Hall–Kier alpha value is -2.85. The molecule has 0 saturated heterocycles. The van der Waals surface area contributed by atoms with Crippen molar-refractivity contribution in [1.82, 2.24) is 4.90 Å². The van der Waals surface area contributed by atoms with Gasteiger partial charge in [-0.3, -0.25) is 4.90 Å². The van der Waals surface area contributed by atoms with Gasteiger partial charge in [-0.2, -0.15) is 0 Å². The molecule has 0 bridgehead atoms. The third-order valence-corrected chi connectivity index (χ3v) is 5.38. The lowest BCUT2D eigenvalue weighted by Gasteiger charge is -2.23. The summed E-state index contributed by atoms with van der Waals surface area (Å²) in [7, 11) is 2.04. The van der Waals surface area contributed by atoms with E-state index in [1.807, 2.05) is 38.2 Å². The van der Waals surface area contributed by atoms with Crippen LogP contribution in [0.15, 0.2) is 62.2 Å². The second-order valence-electron chi connectivity index (χ2n) is 7.30. The lowest BCUT2D eigenvalue weighted by atomic mass is 10.0. The van der Waals surface area contributed by atoms with Crippen LogP contribution in [0.4, 0.5) is 0 Å². The summed E-state index contributed by atoms with van der Waals surface area (Å²) in [6.45, 7) is 6.84. The monoisotopic (exact) mass is 361 g/mol. The van der Waals surface area contributed by atoms with Gasteiger partial charge < -0.3 is 8.83 Å². The van der Waals surface area contributed by atoms with Gasteiger partial charge in [0.2, 0.25) is 0 Å². The Labute approximate surface area is 158 Å². The number of aryl methyl sites for hydroxylation is 2. The average molecular weight is 361 g/mol. The number of nitrogens with zero attached hydrogens (tertiary/aromatic N) is 1. The van der Waals surface area contributed by atoms with Crippen LogP contribution in [0.1, 0.15) is 35.4 Å². The Kier molecular flexibility index (Phi) is 4.36. The van der Waals surface area contributed by atoms with Crippen molar-refractivity contribution in [3.63, 3.8) is 0 Å². The van der Waals surface area contributed by atoms with Crippen LogP contribution in [0, 0.1) is 13.8 Å². The van der Waals surface area contributed by atoms with E-state index in [1.54, 1.807) is 6.07 Å². The molecule has 0 fully saturated rings. The summed E-state index contributed by atoms with van der Waals surface area (Å²) >= 11 is 0. The van der Waals surface area contributed by atoms with Gasteiger partial charge in [-0.25, -0.2) is 4.79 Å². The zero-order valence-electron chi connectivity index (χ0n) is 16.1. The van der Waals surface area contributed by atoms with E-state index in [0.717, 1.165) is 33.2 Å². The fourth-order valence-electron chi connectivity index (χ4n) is 3.44. The van der Waals surface area contributed by atoms with Crippen molar-refractivity contribution in [2.75, 3.05) is 7.05 Å². The van der Waals surface area contributed by atoms with E-state index in [-0.39, 0.29) is 11.7 Å². The second-order valence-corrected chi connectivity index (χ2v) is 7.30. The Balaban J connectivity index is 1.68. The van der Waals surface area contributed by atoms with Crippen LogP contribution in [0.5, 0.6) is 0 Å². The predicted molar refractivity (Wildman–Crippen MR) is 108 cm³/mol. The molecule has 0 saturated carbocycles. The molecular weight excluding hydrogens is 338 g/mol. The van der Waals surface area contributed by atoms with Gasteiger partial charge >= 0.3 is 5.63 Å². The fourth-order valence-corrected chi connectivity index (χ4v) is 3.44. The highest BCUT2D eigenvalue weighted by Crippen LogP contribution is 2.29. The van der Waals surface area contributed by atoms with Gasteiger partial charge in [0.05, 0.1) is 6.04 Å². The van der Waals surface area contributed by atoms with Crippen LogP contribution in [0.2, 0.25) is 0 Å². The van der Waals surface area contributed by atoms with Crippen molar-refractivity contribution >= 4 is 21.9 Å². The number of hydrogen-bond donors (Lipinski definition) is 0. The van der Waals surface area contributed by atoms with E-state index >= 15 is 0 Å². The van der Waals surface area contributed by atoms with Gasteiger partial charge in [-0.05, 0) is 68.8 Å². The molecule has 4 aromatic rings. The quantitative estimate of drug-likeness (QED) is 0.460. The first-order valence-electron chi connectivity index (χ1n) is 9.15. The van der Waals surface area contributed by atoms with E-state index in [4.69, 9.17) is 8.83 Å². The van der Waals surface area contributed by atoms with Crippen molar-refractivity contribution in [2.45, 2.75) is 33.4 Å². The van der Waals surface area contributed by atoms with E-state index in [1.165, 1.54) is 5.56 Å². The Morgan fingerprint density at radius 1 is 0.963 bits per heavy atom. The molecule has 4 heteroatoms. The van der Waals surface area contributed by atoms with Gasteiger partial charge in [0.1, 0.15) is 16.9 Å². The molecule has 0 aliphatic carbocycles. The lowest BCUT2D eigenvalue weighted by molar-refractivity contribution is 0.227. The first-order chi connectivity index (χ1) is 12.9. The predicted octanol–water partition coefficient (Wildman–Crippen LogP) is 5.35. The van der Waals surface area contributed by atoms with Crippen molar-refractivity contribution in [2.24, 2.45) is 0 Å². The molecule has 0 N–H and O–H groups in total. The first-order valence-corrected chi connectivity index (χ1v) is 9.15. The van der Waals surface area contributed by atoms with Crippen molar-refractivity contribution < 1.29 is 8.83 Å². The summed E-state index contributed by atoms with van der Waals surface area (Å²) < 4.78 is 11.4. The molecule has 1 atom stereocenters. The fraction of sp³-hybridized carbons (Fsp3) is 0.261. The molecule has 27 heavy (non-hydrogen) atoms. The van der Waals surface area contributed by atoms with Gasteiger partial charge in [0.25, 0.3) is 0 Å². The summed E-state index contributed by atoms with van der Waals surface area (Å²) in [6, 6.07) is 15.8. The molecule has 4 rings (SSSR count). The van der Waals surface area contributed by atoms with Crippen molar-refractivity contribution in [3.8, 4) is 0 Å². The largest absolute Gasteiger partial charge is 0.459 e. The van der Waals surface area contributed by atoms with Crippen LogP contribution in [0.25, 0.3) is 21.9 Å². The zero-order chi connectivity index (χ0) is 19.1. The molecule has 1 unspecified atom stereocenters. The van der Waals surface area contributed by atoms with Gasteiger partial charge in [0.15, 0.2) is 0 Å². The number of furan rings is 1. The Bertz CT molecular complexity index is 1150. The number of benzene rings is 2. The molecule has 0 spiro atoms. The van der Waals surface area contributed by atoms with Crippen LogP contribution >= 0.6 is 0 Å². The molecular formula is C23H23NO3. The summed E-state index contributed by atoms with van der Waals surface area (Å²) in [5.74, 6) is 0.915. The van der Waals surface area contributed by atoms with E-state index in [9.17, 15) is 4.79 Å². The highest BCUT2D eigenvalue weighted by atomic mass is 16.4. The maximum atomic E-state index is 12.0. The average Bonchev–Trinajstić information content (AvgIpc) is 3.06. The van der Waals surface area contributed by atoms with Crippen molar-refractivity contribution in [3.05, 3.63) is 81.4 Å². The van der Waals surface area contributed by atoms with E-state index in [2.05, 4.69) is 36.9 Å². The molecule has 0 radical (unpaired) electrons. The maximum absolute atomic E-state index is 12.0. The Morgan fingerprint density at radius 3 is 2.48 bits per heavy atom. The number of rotatable bonds is 4. The second kappa shape index (κ2) is 6.71. The third-order valence-electron chi connectivity index (χ3n) is 5.38.